The standard InChI is InChI=1S/C14H11ClN2O2/c15-13-7-2-1-4-11(13)9-16-17-12-6-3-5-10(8-12)14(18)19/h1-9,17H,(H,18,19)/b16-9+. The molecule has 0 saturated carbocycles. The van der Waals surface area contributed by atoms with Gasteiger partial charge in [0, 0.05) is 10.6 Å². The van der Waals surface area contributed by atoms with E-state index in [0.29, 0.717) is 10.7 Å². The van der Waals surface area contributed by atoms with Crippen molar-refractivity contribution < 1.29 is 9.90 Å². The average Bonchev–Trinajstić information content (AvgIpc) is 2.41. The van der Waals surface area contributed by atoms with E-state index in [1.807, 2.05) is 18.2 Å². The molecular weight excluding hydrogens is 264 g/mol. The number of carboxylic acids is 1. The number of hydrogen-bond donors (Lipinski definition) is 2. The number of aromatic carboxylic acids is 1. The molecule has 19 heavy (non-hydrogen) atoms. The van der Waals surface area contributed by atoms with E-state index in [1.54, 1.807) is 24.4 Å². The number of benzene rings is 2. The zero-order valence-corrected chi connectivity index (χ0v) is 10.6. The van der Waals surface area contributed by atoms with Crippen molar-refractivity contribution in [1.29, 1.82) is 0 Å². The van der Waals surface area contributed by atoms with Gasteiger partial charge in [0.2, 0.25) is 0 Å². The molecule has 0 saturated heterocycles. The van der Waals surface area contributed by atoms with Gasteiger partial charge in [-0.25, -0.2) is 4.79 Å². The Morgan fingerprint density at radius 1 is 1.21 bits per heavy atom. The third-order valence-corrected chi connectivity index (χ3v) is 2.76. The number of carboxylic acid groups (broad SMARTS) is 1. The van der Waals surface area contributed by atoms with Crippen molar-refractivity contribution in [3.63, 3.8) is 0 Å². The number of nitrogens with zero attached hydrogens (tertiary/aromatic N) is 1. The Balaban J connectivity index is 2.09. The van der Waals surface area contributed by atoms with Crippen LogP contribution in [0, 0.1) is 0 Å². The smallest absolute Gasteiger partial charge is 0.335 e. The van der Waals surface area contributed by atoms with Gasteiger partial charge in [0.15, 0.2) is 0 Å². The summed E-state index contributed by atoms with van der Waals surface area (Å²) in [5, 5.41) is 13.5. The number of hydrazone groups is 1. The Labute approximate surface area is 115 Å². The minimum atomic E-state index is -0.973. The summed E-state index contributed by atoms with van der Waals surface area (Å²) < 4.78 is 0. The van der Waals surface area contributed by atoms with Gasteiger partial charge < -0.3 is 5.11 Å². The van der Waals surface area contributed by atoms with E-state index in [0.717, 1.165) is 5.56 Å². The molecule has 0 spiro atoms. The van der Waals surface area contributed by atoms with Crippen molar-refractivity contribution >= 4 is 29.5 Å². The maximum Gasteiger partial charge on any atom is 0.335 e. The van der Waals surface area contributed by atoms with Crippen LogP contribution in [0.15, 0.2) is 53.6 Å². The van der Waals surface area contributed by atoms with Crippen molar-refractivity contribution in [2.45, 2.75) is 0 Å². The van der Waals surface area contributed by atoms with Gasteiger partial charge in [-0.3, -0.25) is 5.43 Å². The lowest BCUT2D eigenvalue weighted by Gasteiger charge is -2.01. The van der Waals surface area contributed by atoms with Gasteiger partial charge in [0.25, 0.3) is 0 Å². The van der Waals surface area contributed by atoms with Gasteiger partial charge in [-0.15, -0.1) is 0 Å². The fourth-order valence-electron chi connectivity index (χ4n) is 1.48. The Morgan fingerprint density at radius 3 is 2.74 bits per heavy atom. The molecule has 96 valence electrons. The van der Waals surface area contributed by atoms with E-state index < -0.39 is 5.97 Å². The predicted octanol–water partition coefficient (Wildman–Crippen LogP) is 3.48. The number of rotatable bonds is 4. The SMILES string of the molecule is O=C(O)c1cccc(N/N=C/c2ccccc2Cl)c1. The van der Waals surface area contributed by atoms with Crippen molar-refractivity contribution in [2.24, 2.45) is 5.10 Å². The molecule has 5 heteroatoms. The van der Waals surface area contributed by atoms with E-state index in [-0.39, 0.29) is 5.56 Å². The quantitative estimate of drug-likeness (QED) is 0.663. The fourth-order valence-corrected chi connectivity index (χ4v) is 1.66. The summed E-state index contributed by atoms with van der Waals surface area (Å²) >= 11 is 5.98. The topological polar surface area (TPSA) is 61.7 Å². The molecule has 0 bridgehead atoms. The molecule has 2 rings (SSSR count). The predicted molar refractivity (Wildman–Crippen MR) is 76.1 cm³/mol. The highest BCUT2D eigenvalue weighted by atomic mass is 35.5. The van der Waals surface area contributed by atoms with Gasteiger partial charge in [0.1, 0.15) is 0 Å². The van der Waals surface area contributed by atoms with Gasteiger partial charge >= 0.3 is 5.97 Å². The number of carbonyl (C=O) groups is 1. The molecule has 0 aromatic heterocycles. The summed E-state index contributed by atoms with van der Waals surface area (Å²) in [6.07, 6.45) is 1.58. The van der Waals surface area contributed by atoms with Crippen LogP contribution in [0.25, 0.3) is 0 Å². The first-order valence-electron chi connectivity index (χ1n) is 5.54. The maximum absolute atomic E-state index is 10.8. The van der Waals surface area contributed by atoms with Crippen LogP contribution in [-0.2, 0) is 0 Å². The second-order valence-electron chi connectivity index (χ2n) is 3.78. The number of halogens is 1. The fraction of sp³-hybridized carbons (Fsp3) is 0. The Morgan fingerprint density at radius 2 is 2.00 bits per heavy atom. The monoisotopic (exact) mass is 274 g/mol. The van der Waals surface area contributed by atoms with Crippen LogP contribution in [0.4, 0.5) is 5.69 Å². The molecule has 0 radical (unpaired) electrons. The van der Waals surface area contributed by atoms with Gasteiger partial charge in [-0.1, -0.05) is 35.9 Å². The Hall–Kier alpha value is -2.33. The van der Waals surface area contributed by atoms with Crippen LogP contribution in [0.1, 0.15) is 15.9 Å². The second-order valence-corrected chi connectivity index (χ2v) is 4.18. The number of nitrogens with one attached hydrogen (secondary N) is 1. The summed E-state index contributed by atoms with van der Waals surface area (Å²) in [4.78, 5) is 10.8. The zero-order valence-electron chi connectivity index (χ0n) is 9.88. The Bertz CT molecular complexity index is 626. The van der Waals surface area contributed by atoms with Crippen molar-refractivity contribution in [2.75, 3.05) is 5.43 Å². The first-order chi connectivity index (χ1) is 9.16. The van der Waals surface area contributed by atoms with Crippen LogP contribution in [0.2, 0.25) is 5.02 Å². The van der Waals surface area contributed by atoms with E-state index in [1.165, 1.54) is 12.1 Å². The summed E-state index contributed by atoms with van der Waals surface area (Å²) in [6.45, 7) is 0. The highest BCUT2D eigenvalue weighted by Gasteiger charge is 2.02. The molecule has 0 aliphatic rings. The number of hydrogen-bond acceptors (Lipinski definition) is 3. The van der Waals surface area contributed by atoms with Crippen molar-refractivity contribution in [1.82, 2.24) is 0 Å². The number of anilines is 1. The molecule has 0 fully saturated rings. The largest absolute Gasteiger partial charge is 0.478 e. The molecule has 0 aliphatic carbocycles. The first kappa shape index (κ1) is 13.1. The summed E-state index contributed by atoms with van der Waals surface area (Å²) in [6, 6.07) is 13.7. The lowest BCUT2D eigenvalue weighted by molar-refractivity contribution is 0.0697. The summed E-state index contributed by atoms with van der Waals surface area (Å²) in [7, 11) is 0. The minimum absolute atomic E-state index is 0.206. The molecule has 0 aliphatic heterocycles. The molecule has 2 N–H and O–H groups in total. The molecule has 0 atom stereocenters. The van der Waals surface area contributed by atoms with Crippen molar-refractivity contribution in [3.8, 4) is 0 Å². The van der Waals surface area contributed by atoms with Gasteiger partial charge in [-0.2, -0.15) is 5.10 Å². The van der Waals surface area contributed by atoms with Crippen LogP contribution < -0.4 is 5.43 Å². The Kier molecular flexibility index (Phi) is 4.15. The minimum Gasteiger partial charge on any atom is -0.478 e. The van der Waals surface area contributed by atoms with E-state index >= 15 is 0 Å². The third kappa shape index (κ3) is 3.56. The normalized spacial score (nSPS) is 10.6. The van der Waals surface area contributed by atoms with Gasteiger partial charge in [-0.05, 0) is 24.3 Å². The first-order valence-corrected chi connectivity index (χ1v) is 5.91. The molecule has 2 aromatic carbocycles. The summed E-state index contributed by atoms with van der Waals surface area (Å²) in [5.74, 6) is -0.973. The lowest BCUT2D eigenvalue weighted by atomic mass is 10.2. The van der Waals surface area contributed by atoms with E-state index in [9.17, 15) is 4.79 Å². The van der Waals surface area contributed by atoms with Crippen molar-refractivity contribution in [3.05, 3.63) is 64.7 Å². The summed E-state index contributed by atoms with van der Waals surface area (Å²) in [5.41, 5.74) is 4.35. The molecule has 2 aromatic rings. The highest BCUT2D eigenvalue weighted by Crippen LogP contribution is 2.13. The van der Waals surface area contributed by atoms with Crippen LogP contribution in [0.3, 0.4) is 0 Å². The van der Waals surface area contributed by atoms with E-state index in [2.05, 4.69) is 10.5 Å². The second kappa shape index (κ2) is 6.02. The third-order valence-electron chi connectivity index (χ3n) is 2.41. The van der Waals surface area contributed by atoms with E-state index in [4.69, 9.17) is 16.7 Å². The highest BCUT2D eigenvalue weighted by molar-refractivity contribution is 6.33. The molecular formula is C14H11ClN2O2. The maximum atomic E-state index is 10.8. The molecule has 4 nitrogen and oxygen atoms in total. The molecule has 0 unspecified atom stereocenters. The van der Waals surface area contributed by atoms with Crippen LogP contribution in [-0.4, -0.2) is 17.3 Å². The average molecular weight is 275 g/mol. The van der Waals surface area contributed by atoms with Gasteiger partial charge in [0.05, 0.1) is 17.5 Å². The molecule has 0 heterocycles. The van der Waals surface area contributed by atoms with Crippen LogP contribution in [0.5, 0.6) is 0 Å². The van der Waals surface area contributed by atoms with Crippen LogP contribution >= 0.6 is 11.6 Å². The lowest BCUT2D eigenvalue weighted by Crippen LogP contribution is -1.97. The zero-order chi connectivity index (χ0) is 13.7. The molecule has 0 amide bonds.